The summed E-state index contributed by atoms with van der Waals surface area (Å²) in [6.07, 6.45) is -1.12. The molecule has 0 saturated heterocycles. The van der Waals surface area contributed by atoms with E-state index in [1.165, 1.54) is 31.2 Å². The van der Waals surface area contributed by atoms with Crippen LogP contribution in [0.3, 0.4) is 0 Å². The zero-order chi connectivity index (χ0) is 28.8. The van der Waals surface area contributed by atoms with Gasteiger partial charge in [0.05, 0.1) is 6.10 Å². The lowest BCUT2D eigenvalue weighted by Gasteiger charge is -2.26. The van der Waals surface area contributed by atoms with Gasteiger partial charge in [0.1, 0.15) is 29.9 Å². The van der Waals surface area contributed by atoms with Crippen LogP contribution in [0.5, 0.6) is 5.75 Å². The number of amides is 3. The Labute approximate surface area is 219 Å². The predicted octanol–water partition coefficient (Wildman–Crippen LogP) is -1.82. The van der Waals surface area contributed by atoms with Crippen molar-refractivity contribution in [2.45, 2.75) is 75.7 Å². The molecule has 0 saturated carbocycles. The van der Waals surface area contributed by atoms with Gasteiger partial charge in [-0.15, -0.1) is 0 Å². The van der Waals surface area contributed by atoms with Gasteiger partial charge < -0.3 is 47.8 Å². The summed E-state index contributed by atoms with van der Waals surface area (Å²) in [5, 5.41) is 44.6. The van der Waals surface area contributed by atoms with Gasteiger partial charge in [-0.05, 0) is 56.8 Å². The van der Waals surface area contributed by atoms with E-state index in [0.717, 1.165) is 0 Å². The minimum absolute atomic E-state index is 0.0116. The van der Waals surface area contributed by atoms with Crippen molar-refractivity contribution in [3.05, 3.63) is 29.8 Å². The number of phenols is 1. The van der Waals surface area contributed by atoms with Crippen molar-refractivity contribution in [3.63, 3.8) is 0 Å². The van der Waals surface area contributed by atoms with Gasteiger partial charge in [-0.3, -0.25) is 19.2 Å². The summed E-state index contributed by atoms with van der Waals surface area (Å²) in [6, 6.07) is 0.543. The number of hydrogen-bond acceptors (Lipinski definition) is 9. The Hall–Kier alpha value is -3.75. The van der Waals surface area contributed by atoms with Crippen molar-refractivity contribution in [1.82, 2.24) is 16.0 Å². The topological polar surface area (TPSA) is 254 Å². The van der Waals surface area contributed by atoms with E-state index in [0.29, 0.717) is 24.9 Å². The maximum atomic E-state index is 13.2. The van der Waals surface area contributed by atoms with Gasteiger partial charge in [0.15, 0.2) is 0 Å². The second-order valence-corrected chi connectivity index (χ2v) is 8.88. The number of carbonyl (C=O) groups excluding carboxylic acids is 3. The average Bonchev–Trinajstić information content (AvgIpc) is 2.85. The van der Waals surface area contributed by atoms with Crippen LogP contribution in [0.4, 0.5) is 0 Å². The molecule has 5 unspecified atom stereocenters. The standard InChI is InChI=1S/C24H37N5O9/c1-13(30)20(26)23(36)29-18(12-14-5-7-15(31)8-6-14)22(35)27-16(4-2-3-11-25)21(34)28-17(24(37)38)9-10-19(32)33/h5-8,13,16-18,20,30-31H,2-4,9-12,25-26H2,1H3,(H,27,35)(H,28,34)(H,29,36)(H,32,33)(H,37,38). The van der Waals surface area contributed by atoms with E-state index in [1.54, 1.807) is 0 Å². The van der Waals surface area contributed by atoms with Crippen LogP contribution in [0, 0.1) is 0 Å². The molecular weight excluding hydrogens is 502 g/mol. The monoisotopic (exact) mass is 539 g/mol. The Morgan fingerprint density at radius 2 is 1.39 bits per heavy atom. The number of nitrogens with two attached hydrogens (primary N) is 2. The summed E-state index contributed by atoms with van der Waals surface area (Å²) in [5.74, 6) is -5.12. The number of hydrogen-bond donors (Lipinski definition) is 9. The number of nitrogens with one attached hydrogen (secondary N) is 3. The molecule has 14 nitrogen and oxygen atoms in total. The van der Waals surface area contributed by atoms with Crippen molar-refractivity contribution in [1.29, 1.82) is 0 Å². The number of carboxylic acid groups (broad SMARTS) is 2. The first kappa shape index (κ1) is 32.3. The van der Waals surface area contributed by atoms with Crippen molar-refractivity contribution in [2.75, 3.05) is 6.54 Å². The van der Waals surface area contributed by atoms with Crippen molar-refractivity contribution >= 4 is 29.7 Å². The average molecular weight is 540 g/mol. The van der Waals surface area contributed by atoms with Gasteiger partial charge in [-0.25, -0.2) is 4.79 Å². The van der Waals surface area contributed by atoms with Crippen LogP contribution in [-0.4, -0.2) is 86.9 Å². The molecule has 0 bridgehead atoms. The highest BCUT2D eigenvalue weighted by molar-refractivity contribution is 5.94. The van der Waals surface area contributed by atoms with Crippen LogP contribution < -0.4 is 27.4 Å². The Kier molecular flexibility index (Phi) is 13.7. The molecule has 1 rings (SSSR count). The number of carbonyl (C=O) groups is 5. The summed E-state index contributed by atoms with van der Waals surface area (Å²) in [4.78, 5) is 61.0. The van der Waals surface area contributed by atoms with Gasteiger partial charge in [-0.1, -0.05) is 12.1 Å². The number of benzene rings is 1. The van der Waals surface area contributed by atoms with Gasteiger partial charge >= 0.3 is 11.9 Å². The van der Waals surface area contributed by atoms with Gasteiger partial charge in [0, 0.05) is 12.8 Å². The number of aliphatic hydroxyl groups excluding tert-OH is 1. The maximum Gasteiger partial charge on any atom is 0.326 e. The second kappa shape index (κ2) is 16.2. The van der Waals surface area contributed by atoms with Crippen LogP contribution in [0.25, 0.3) is 0 Å². The molecule has 1 aromatic carbocycles. The van der Waals surface area contributed by atoms with Crippen LogP contribution in [0.2, 0.25) is 0 Å². The minimum atomic E-state index is -1.50. The molecule has 0 heterocycles. The van der Waals surface area contributed by atoms with Crippen molar-refractivity contribution in [3.8, 4) is 5.75 Å². The second-order valence-electron chi connectivity index (χ2n) is 8.88. The van der Waals surface area contributed by atoms with Crippen LogP contribution in [0.1, 0.15) is 44.6 Å². The zero-order valence-corrected chi connectivity index (χ0v) is 21.1. The molecule has 0 aliphatic heterocycles. The fourth-order valence-electron chi connectivity index (χ4n) is 3.40. The van der Waals surface area contributed by atoms with Crippen molar-refractivity contribution in [2.24, 2.45) is 11.5 Å². The van der Waals surface area contributed by atoms with Gasteiger partial charge in [-0.2, -0.15) is 0 Å². The third kappa shape index (κ3) is 11.5. The van der Waals surface area contributed by atoms with Crippen LogP contribution in [0.15, 0.2) is 24.3 Å². The highest BCUT2D eigenvalue weighted by atomic mass is 16.4. The Morgan fingerprint density at radius 1 is 0.842 bits per heavy atom. The number of carboxylic acids is 2. The molecular formula is C24H37N5O9. The molecule has 11 N–H and O–H groups in total. The van der Waals surface area contributed by atoms with Crippen LogP contribution in [-0.2, 0) is 30.4 Å². The summed E-state index contributed by atoms with van der Waals surface area (Å²) in [5.41, 5.74) is 11.8. The lowest BCUT2D eigenvalue weighted by molar-refractivity contribution is -0.143. The smallest absolute Gasteiger partial charge is 0.326 e. The molecule has 0 fully saturated rings. The highest BCUT2D eigenvalue weighted by Gasteiger charge is 2.31. The number of aromatic hydroxyl groups is 1. The molecule has 14 heteroatoms. The van der Waals surface area contributed by atoms with E-state index < -0.39 is 66.4 Å². The largest absolute Gasteiger partial charge is 0.508 e. The third-order valence-corrected chi connectivity index (χ3v) is 5.67. The first-order chi connectivity index (χ1) is 17.8. The number of rotatable bonds is 17. The Bertz CT molecular complexity index is 955. The molecule has 0 aliphatic carbocycles. The summed E-state index contributed by atoms with van der Waals surface area (Å²) >= 11 is 0. The molecule has 0 aliphatic rings. The molecule has 212 valence electrons. The summed E-state index contributed by atoms with van der Waals surface area (Å²) < 4.78 is 0. The maximum absolute atomic E-state index is 13.2. The van der Waals surface area contributed by atoms with Crippen LogP contribution >= 0.6 is 0 Å². The lowest BCUT2D eigenvalue weighted by atomic mass is 10.0. The predicted molar refractivity (Wildman–Crippen MR) is 135 cm³/mol. The highest BCUT2D eigenvalue weighted by Crippen LogP contribution is 2.12. The normalized spacial score (nSPS) is 14.8. The van der Waals surface area contributed by atoms with Gasteiger partial charge in [0.25, 0.3) is 0 Å². The lowest BCUT2D eigenvalue weighted by Crippen LogP contribution is -2.58. The number of aliphatic hydroxyl groups is 1. The van der Waals surface area contributed by atoms with E-state index in [1.807, 2.05) is 0 Å². The fourth-order valence-corrected chi connectivity index (χ4v) is 3.40. The summed E-state index contributed by atoms with van der Waals surface area (Å²) in [7, 11) is 0. The summed E-state index contributed by atoms with van der Waals surface area (Å²) in [6.45, 7) is 1.62. The SMILES string of the molecule is CC(O)C(N)C(=O)NC(Cc1ccc(O)cc1)C(=O)NC(CCCCN)C(=O)NC(CCC(=O)O)C(=O)O. The van der Waals surface area contributed by atoms with E-state index in [2.05, 4.69) is 16.0 Å². The molecule has 38 heavy (non-hydrogen) atoms. The molecule has 0 spiro atoms. The minimum Gasteiger partial charge on any atom is -0.508 e. The molecule has 5 atom stereocenters. The van der Waals surface area contributed by atoms with E-state index >= 15 is 0 Å². The van der Waals surface area contributed by atoms with Crippen molar-refractivity contribution < 1.29 is 44.4 Å². The van der Waals surface area contributed by atoms with Gasteiger partial charge in [0.2, 0.25) is 17.7 Å². The molecule has 0 aromatic heterocycles. The number of phenolic OH excluding ortho intramolecular Hbond substituents is 1. The van der Waals surface area contributed by atoms with E-state index in [4.69, 9.17) is 16.6 Å². The number of aliphatic carboxylic acids is 2. The van der Waals surface area contributed by atoms with E-state index in [9.17, 15) is 39.3 Å². The quantitative estimate of drug-likeness (QED) is 0.0995. The first-order valence-electron chi connectivity index (χ1n) is 12.1. The fraction of sp³-hybridized carbons (Fsp3) is 0.542. The molecule has 3 amide bonds. The van der Waals surface area contributed by atoms with E-state index in [-0.39, 0.29) is 25.0 Å². The third-order valence-electron chi connectivity index (χ3n) is 5.67. The first-order valence-corrected chi connectivity index (χ1v) is 12.1. The molecule has 0 radical (unpaired) electrons. The molecule has 1 aromatic rings. The number of unbranched alkanes of at least 4 members (excludes halogenated alkanes) is 1. The zero-order valence-electron chi connectivity index (χ0n) is 21.1. The Morgan fingerprint density at radius 3 is 1.92 bits per heavy atom. The Balaban J connectivity index is 3.13.